The highest BCUT2D eigenvalue weighted by molar-refractivity contribution is 5.99. The number of benzene rings is 1. The van der Waals surface area contributed by atoms with Gasteiger partial charge in [-0.25, -0.2) is 31.1 Å². The number of pyridine rings is 1. The van der Waals surface area contributed by atoms with Gasteiger partial charge in [-0.05, 0) is 26.2 Å². The van der Waals surface area contributed by atoms with Gasteiger partial charge in [-0.3, -0.25) is 9.59 Å². The largest absolute Gasteiger partial charge is 0.465 e. The number of carboxylic acid groups (broad SMARTS) is 1. The molecule has 2 aromatic rings. The molecule has 212 valence electrons. The minimum absolute atomic E-state index is 0.0132. The van der Waals surface area contributed by atoms with Crippen molar-refractivity contribution in [2.24, 2.45) is 0 Å². The maximum absolute atomic E-state index is 14.8. The van der Waals surface area contributed by atoms with Crippen molar-refractivity contribution >= 4 is 17.7 Å². The second-order valence-electron chi connectivity index (χ2n) is 9.74. The third-order valence-electron chi connectivity index (χ3n) is 7.21. The Bertz CT molecular complexity index is 1320. The molecule has 1 saturated heterocycles. The van der Waals surface area contributed by atoms with Crippen molar-refractivity contribution in [2.45, 2.75) is 62.8 Å². The highest BCUT2D eigenvalue weighted by Crippen LogP contribution is 2.48. The van der Waals surface area contributed by atoms with Crippen LogP contribution in [0.25, 0.3) is 0 Å². The molecule has 4 rings (SSSR count). The molecular formula is C25H26F6N4O4. The van der Waals surface area contributed by atoms with E-state index in [2.05, 4.69) is 10.6 Å². The van der Waals surface area contributed by atoms with Gasteiger partial charge in [-0.15, -0.1) is 0 Å². The van der Waals surface area contributed by atoms with Crippen LogP contribution in [0.1, 0.15) is 60.1 Å². The van der Waals surface area contributed by atoms with Crippen molar-refractivity contribution in [1.82, 2.24) is 14.8 Å². The molecule has 39 heavy (non-hydrogen) atoms. The summed E-state index contributed by atoms with van der Waals surface area (Å²) >= 11 is 0. The number of aromatic nitrogens is 1. The molecule has 0 bridgehead atoms. The summed E-state index contributed by atoms with van der Waals surface area (Å²) in [6.45, 7) is 0.837. The molecule has 3 atom stereocenters. The standard InChI is InChI=1S/C25H26F6N4O4/c1-12(13-3-2-4-14(20(13)27)21(28)29)32-22(37)15-10-35(25(6-7-25)23(30)31)19(36)9-18(15)33-17-5-8-34(24(38)39)11-16(17)26/h2-4,9-10,12,16-17,21,23,33H,5-8,11H2,1H3,(H,32,37)(H,38,39)/t12-,16+,17-/m1/s1. The lowest BCUT2D eigenvalue weighted by molar-refractivity contribution is 0.0648. The van der Waals surface area contributed by atoms with Gasteiger partial charge in [0.05, 0.1) is 35.4 Å². The van der Waals surface area contributed by atoms with E-state index in [4.69, 9.17) is 5.11 Å². The summed E-state index contributed by atoms with van der Waals surface area (Å²) < 4.78 is 84.1. The normalized spacial score (nSPS) is 21.1. The van der Waals surface area contributed by atoms with E-state index in [0.29, 0.717) is 0 Å². The first-order valence-corrected chi connectivity index (χ1v) is 12.2. The van der Waals surface area contributed by atoms with Gasteiger partial charge in [0, 0.05) is 24.4 Å². The topological polar surface area (TPSA) is 104 Å². The van der Waals surface area contributed by atoms with Crippen molar-refractivity contribution in [3.8, 4) is 0 Å². The number of halogens is 6. The Morgan fingerprint density at radius 1 is 1.15 bits per heavy atom. The fourth-order valence-corrected chi connectivity index (χ4v) is 4.74. The first kappa shape index (κ1) is 28.3. The van der Waals surface area contributed by atoms with Crippen molar-refractivity contribution in [3.63, 3.8) is 0 Å². The molecule has 8 nitrogen and oxygen atoms in total. The van der Waals surface area contributed by atoms with E-state index in [0.717, 1.165) is 27.8 Å². The minimum atomic E-state index is -3.10. The van der Waals surface area contributed by atoms with Crippen LogP contribution in [0.4, 0.5) is 36.8 Å². The van der Waals surface area contributed by atoms with Crippen molar-refractivity contribution in [2.75, 3.05) is 18.4 Å². The van der Waals surface area contributed by atoms with E-state index >= 15 is 0 Å². The van der Waals surface area contributed by atoms with Crippen LogP contribution >= 0.6 is 0 Å². The number of carbonyl (C=O) groups is 2. The SMILES string of the molecule is C[C@@H](NC(=O)c1cn(C2(C(F)F)CC2)c(=O)cc1N[C@@H]1CCN(C(=O)O)C[C@@H]1F)c1cccc(C(F)F)c1F. The molecule has 0 unspecified atom stereocenters. The fraction of sp³-hybridized carbons (Fsp3) is 0.480. The van der Waals surface area contributed by atoms with Crippen LogP contribution < -0.4 is 16.2 Å². The third-order valence-corrected chi connectivity index (χ3v) is 7.21. The summed E-state index contributed by atoms with van der Waals surface area (Å²) in [7, 11) is 0. The van der Waals surface area contributed by atoms with Gasteiger partial charge in [-0.1, -0.05) is 18.2 Å². The van der Waals surface area contributed by atoms with E-state index in [1.54, 1.807) is 0 Å². The molecule has 1 aliphatic carbocycles. The van der Waals surface area contributed by atoms with E-state index in [1.165, 1.54) is 19.1 Å². The summed E-state index contributed by atoms with van der Waals surface area (Å²) in [5.41, 5.74) is -4.30. The summed E-state index contributed by atoms with van der Waals surface area (Å²) in [6, 6.07) is 2.02. The average Bonchev–Trinajstić information content (AvgIpc) is 3.67. The number of amides is 2. The Kier molecular flexibility index (Phi) is 7.84. The average molecular weight is 560 g/mol. The number of anilines is 1. The molecule has 2 heterocycles. The fourth-order valence-electron chi connectivity index (χ4n) is 4.74. The van der Waals surface area contributed by atoms with Crippen LogP contribution in [0, 0.1) is 5.82 Å². The molecule has 2 amide bonds. The van der Waals surface area contributed by atoms with Gasteiger partial charge >= 0.3 is 6.09 Å². The zero-order chi connectivity index (χ0) is 28.6. The molecule has 2 fully saturated rings. The van der Waals surface area contributed by atoms with Crippen molar-refractivity contribution in [1.29, 1.82) is 0 Å². The van der Waals surface area contributed by atoms with E-state index < -0.39 is 72.1 Å². The van der Waals surface area contributed by atoms with Crippen molar-refractivity contribution in [3.05, 3.63) is 63.3 Å². The molecule has 1 aromatic carbocycles. The number of carbonyl (C=O) groups excluding carboxylic acids is 1. The second kappa shape index (κ2) is 10.8. The van der Waals surface area contributed by atoms with E-state index in [-0.39, 0.29) is 42.6 Å². The Morgan fingerprint density at radius 3 is 2.38 bits per heavy atom. The smallest absolute Gasteiger partial charge is 0.407 e. The van der Waals surface area contributed by atoms with Gasteiger partial charge in [0.1, 0.15) is 17.5 Å². The molecule has 1 aliphatic heterocycles. The lowest BCUT2D eigenvalue weighted by Crippen LogP contribution is -2.50. The highest BCUT2D eigenvalue weighted by atomic mass is 19.3. The summed E-state index contributed by atoms with van der Waals surface area (Å²) in [5.74, 6) is -2.17. The number of nitrogens with one attached hydrogen (secondary N) is 2. The predicted octanol–water partition coefficient (Wildman–Crippen LogP) is 4.67. The van der Waals surface area contributed by atoms with Gasteiger partial charge in [-0.2, -0.15) is 0 Å². The van der Waals surface area contributed by atoms with Gasteiger partial charge in [0.2, 0.25) is 0 Å². The quantitative estimate of drug-likeness (QED) is 0.407. The Labute approximate surface area is 218 Å². The zero-order valence-corrected chi connectivity index (χ0v) is 20.6. The van der Waals surface area contributed by atoms with Crippen LogP contribution in [-0.4, -0.2) is 58.3 Å². The Hall–Kier alpha value is -3.71. The van der Waals surface area contributed by atoms with Crippen LogP contribution in [0.15, 0.2) is 35.3 Å². The van der Waals surface area contributed by atoms with Gasteiger partial charge < -0.3 is 25.2 Å². The van der Waals surface area contributed by atoms with Gasteiger partial charge in [0.15, 0.2) is 0 Å². The molecule has 2 aliphatic rings. The van der Waals surface area contributed by atoms with Crippen LogP contribution in [-0.2, 0) is 5.54 Å². The number of hydrogen-bond acceptors (Lipinski definition) is 4. The number of nitrogens with zero attached hydrogens (tertiary/aromatic N) is 2. The van der Waals surface area contributed by atoms with E-state index in [9.17, 15) is 40.7 Å². The maximum atomic E-state index is 14.8. The molecule has 1 aromatic heterocycles. The minimum Gasteiger partial charge on any atom is -0.465 e. The number of likely N-dealkylation sites (tertiary alicyclic amines) is 1. The maximum Gasteiger partial charge on any atom is 0.407 e. The predicted molar refractivity (Wildman–Crippen MR) is 128 cm³/mol. The van der Waals surface area contributed by atoms with Crippen LogP contribution in [0.5, 0.6) is 0 Å². The monoisotopic (exact) mass is 560 g/mol. The van der Waals surface area contributed by atoms with Crippen LogP contribution in [0.3, 0.4) is 0 Å². The van der Waals surface area contributed by atoms with Gasteiger partial charge in [0.25, 0.3) is 24.3 Å². The number of rotatable bonds is 8. The molecule has 0 radical (unpaired) electrons. The highest BCUT2D eigenvalue weighted by Gasteiger charge is 2.53. The second-order valence-corrected chi connectivity index (χ2v) is 9.74. The van der Waals surface area contributed by atoms with Crippen LogP contribution in [0.2, 0.25) is 0 Å². The number of alkyl halides is 5. The molecule has 3 N–H and O–H groups in total. The number of piperidine rings is 1. The van der Waals surface area contributed by atoms with Crippen molar-refractivity contribution < 1.29 is 41.0 Å². The number of hydrogen-bond donors (Lipinski definition) is 3. The molecule has 0 spiro atoms. The summed E-state index contributed by atoms with van der Waals surface area (Å²) in [6.07, 6.45) is -8.14. The Balaban J connectivity index is 1.67. The molecule has 14 heteroatoms. The first-order valence-electron chi connectivity index (χ1n) is 12.2. The zero-order valence-electron chi connectivity index (χ0n) is 20.6. The Morgan fingerprint density at radius 2 is 1.82 bits per heavy atom. The summed E-state index contributed by atoms with van der Waals surface area (Å²) in [5, 5.41) is 14.3. The molecule has 1 saturated carbocycles. The summed E-state index contributed by atoms with van der Waals surface area (Å²) in [4.78, 5) is 38.2. The molecular weight excluding hydrogens is 534 g/mol. The van der Waals surface area contributed by atoms with E-state index in [1.807, 2.05) is 0 Å². The third kappa shape index (κ3) is 5.55. The lowest BCUT2D eigenvalue weighted by atomic mass is 10.0. The lowest BCUT2D eigenvalue weighted by Gasteiger charge is -2.34. The first-order chi connectivity index (χ1) is 18.4.